The minimum absolute atomic E-state index is 0.348. The number of rotatable bonds is 4. The molecule has 1 unspecified atom stereocenters. The van der Waals surface area contributed by atoms with Crippen LogP contribution < -0.4 is 0 Å². The molecule has 0 bridgehead atoms. The van der Waals surface area contributed by atoms with Crippen LogP contribution >= 0.6 is 11.6 Å². The Bertz CT molecular complexity index is 606. The number of nitrogens with zero attached hydrogens (tertiary/aromatic N) is 2. The maximum Gasteiger partial charge on any atom is 0.156 e. The molecule has 2 rings (SSSR count). The van der Waals surface area contributed by atoms with Gasteiger partial charge in [-0.1, -0.05) is 23.7 Å². The highest BCUT2D eigenvalue weighted by Gasteiger charge is 2.23. The fraction of sp³-hybridized carbons (Fsp3) is 0.250. The smallest absolute Gasteiger partial charge is 0.156 e. The van der Waals surface area contributed by atoms with E-state index >= 15 is 0 Å². The Morgan fingerprint density at radius 2 is 2.00 bits per heavy atom. The van der Waals surface area contributed by atoms with E-state index in [4.69, 9.17) is 11.6 Å². The molecular formula is C12H13ClN2O2S. The Morgan fingerprint density at radius 1 is 1.33 bits per heavy atom. The van der Waals surface area contributed by atoms with Gasteiger partial charge in [0.05, 0.1) is 6.33 Å². The Morgan fingerprint density at radius 3 is 2.50 bits per heavy atom. The molecule has 0 aliphatic carbocycles. The summed E-state index contributed by atoms with van der Waals surface area (Å²) in [6.45, 7) is 0.348. The summed E-state index contributed by atoms with van der Waals surface area (Å²) in [5.41, 5.74) is 0.732. The van der Waals surface area contributed by atoms with Crippen molar-refractivity contribution < 1.29 is 8.42 Å². The predicted molar refractivity (Wildman–Crippen MR) is 71.3 cm³/mol. The molecule has 0 N–H and O–H groups in total. The quantitative estimate of drug-likeness (QED) is 0.866. The van der Waals surface area contributed by atoms with Crippen LogP contribution in [0.2, 0.25) is 5.02 Å². The van der Waals surface area contributed by atoms with E-state index in [0.29, 0.717) is 11.6 Å². The minimum atomic E-state index is -3.20. The highest BCUT2D eigenvalue weighted by Crippen LogP contribution is 2.25. The lowest BCUT2D eigenvalue weighted by atomic mass is 10.1. The molecular weight excluding hydrogens is 272 g/mol. The van der Waals surface area contributed by atoms with E-state index in [1.165, 1.54) is 6.26 Å². The van der Waals surface area contributed by atoms with Crippen LogP contribution in [0.25, 0.3) is 0 Å². The van der Waals surface area contributed by atoms with Gasteiger partial charge in [-0.05, 0) is 17.7 Å². The third kappa shape index (κ3) is 3.11. The van der Waals surface area contributed by atoms with Crippen molar-refractivity contribution in [1.29, 1.82) is 0 Å². The molecule has 1 heterocycles. The first-order chi connectivity index (χ1) is 8.47. The maximum atomic E-state index is 11.9. The van der Waals surface area contributed by atoms with Crippen molar-refractivity contribution in [3.63, 3.8) is 0 Å². The second kappa shape index (κ2) is 5.12. The average molecular weight is 285 g/mol. The standard InChI is InChI=1S/C12H13ClN2O2S/c1-18(16,17)12(8-15-7-6-14-9-15)10-2-4-11(13)5-3-10/h2-7,9,12H,8H2,1H3. The van der Waals surface area contributed by atoms with Gasteiger partial charge in [0.1, 0.15) is 5.25 Å². The Kier molecular flexibility index (Phi) is 3.73. The molecule has 6 heteroatoms. The summed E-state index contributed by atoms with van der Waals surface area (Å²) in [6, 6.07) is 6.88. The number of hydrogen-bond donors (Lipinski definition) is 0. The van der Waals surface area contributed by atoms with E-state index in [1.807, 2.05) is 0 Å². The minimum Gasteiger partial charge on any atom is -0.336 e. The van der Waals surface area contributed by atoms with Crippen LogP contribution in [0.1, 0.15) is 10.8 Å². The van der Waals surface area contributed by atoms with Gasteiger partial charge >= 0.3 is 0 Å². The van der Waals surface area contributed by atoms with Crippen molar-refractivity contribution in [2.24, 2.45) is 0 Å². The first-order valence-corrected chi connectivity index (χ1v) is 7.70. The molecule has 0 fully saturated rings. The number of halogens is 1. The van der Waals surface area contributed by atoms with E-state index in [0.717, 1.165) is 5.56 Å². The second-order valence-corrected chi connectivity index (χ2v) is 6.79. The first-order valence-electron chi connectivity index (χ1n) is 5.37. The van der Waals surface area contributed by atoms with Crippen molar-refractivity contribution in [3.05, 3.63) is 53.6 Å². The van der Waals surface area contributed by atoms with Gasteiger partial charge in [0, 0.05) is 30.2 Å². The van der Waals surface area contributed by atoms with Crippen LogP contribution in [-0.2, 0) is 16.4 Å². The van der Waals surface area contributed by atoms with Gasteiger partial charge in [-0.15, -0.1) is 0 Å². The summed E-state index contributed by atoms with van der Waals surface area (Å²) >= 11 is 5.81. The number of imidazole rings is 1. The summed E-state index contributed by atoms with van der Waals surface area (Å²) in [6.07, 6.45) is 6.21. The second-order valence-electron chi connectivity index (χ2n) is 4.13. The average Bonchev–Trinajstić information content (AvgIpc) is 2.79. The highest BCUT2D eigenvalue weighted by atomic mass is 35.5. The zero-order valence-electron chi connectivity index (χ0n) is 9.82. The fourth-order valence-electron chi connectivity index (χ4n) is 1.75. The van der Waals surface area contributed by atoms with Crippen molar-refractivity contribution in [2.75, 3.05) is 6.26 Å². The molecule has 0 spiro atoms. The van der Waals surface area contributed by atoms with Crippen LogP contribution in [0.15, 0.2) is 43.0 Å². The van der Waals surface area contributed by atoms with Crippen LogP contribution in [0.4, 0.5) is 0 Å². The Balaban J connectivity index is 2.34. The van der Waals surface area contributed by atoms with Crippen molar-refractivity contribution in [3.8, 4) is 0 Å². The predicted octanol–water partition coefficient (Wildman–Crippen LogP) is 2.32. The first kappa shape index (κ1) is 13.1. The van der Waals surface area contributed by atoms with Gasteiger partial charge in [0.25, 0.3) is 0 Å². The van der Waals surface area contributed by atoms with E-state index in [1.54, 1.807) is 47.6 Å². The van der Waals surface area contributed by atoms with E-state index in [9.17, 15) is 8.42 Å². The van der Waals surface area contributed by atoms with Crippen LogP contribution in [0.3, 0.4) is 0 Å². The van der Waals surface area contributed by atoms with Gasteiger partial charge in [0.2, 0.25) is 0 Å². The van der Waals surface area contributed by atoms with E-state index < -0.39 is 15.1 Å². The molecule has 0 saturated heterocycles. The molecule has 96 valence electrons. The number of aromatic nitrogens is 2. The normalized spacial score (nSPS) is 13.4. The zero-order chi connectivity index (χ0) is 13.2. The molecule has 1 aromatic carbocycles. The largest absolute Gasteiger partial charge is 0.336 e. The lowest BCUT2D eigenvalue weighted by Gasteiger charge is -2.16. The molecule has 0 amide bonds. The number of sulfone groups is 1. The molecule has 18 heavy (non-hydrogen) atoms. The third-order valence-corrected chi connectivity index (χ3v) is 4.40. The van der Waals surface area contributed by atoms with Gasteiger partial charge in [-0.3, -0.25) is 0 Å². The SMILES string of the molecule is CS(=O)(=O)C(Cn1ccnc1)c1ccc(Cl)cc1. The summed E-state index contributed by atoms with van der Waals surface area (Å²) in [5, 5.41) is -0.00222. The van der Waals surface area contributed by atoms with Crippen LogP contribution in [0.5, 0.6) is 0 Å². The third-order valence-electron chi connectivity index (χ3n) is 2.69. The monoisotopic (exact) mass is 284 g/mol. The lowest BCUT2D eigenvalue weighted by molar-refractivity contribution is 0.568. The molecule has 0 radical (unpaired) electrons. The molecule has 0 aliphatic rings. The summed E-state index contributed by atoms with van der Waals surface area (Å²) < 4.78 is 25.5. The lowest BCUT2D eigenvalue weighted by Crippen LogP contribution is -2.17. The Hall–Kier alpha value is -1.33. The summed E-state index contributed by atoms with van der Waals surface area (Å²) in [5.74, 6) is 0. The molecule has 4 nitrogen and oxygen atoms in total. The number of hydrogen-bond acceptors (Lipinski definition) is 3. The maximum absolute atomic E-state index is 11.9. The molecule has 0 aliphatic heterocycles. The molecule has 0 saturated carbocycles. The summed E-state index contributed by atoms with van der Waals surface area (Å²) in [4.78, 5) is 3.91. The summed E-state index contributed by atoms with van der Waals surface area (Å²) in [7, 11) is -3.20. The van der Waals surface area contributed by atoms with Gasteiger partial charge in [-0.2, -0.15) is 0 Å². The van der Waals surface area contributed by atoms with E-state index in [2.05, 4.69) is 4.98 Å². The van der Waals surface area contributed by atoms with Crippen LogP contribution in [0, 0.1) is 0 Å². The topological polar surface area (TPSA) is 52.0 Å². The van der Waals surface area contributed by atoms with Gasteiger partial charge in [-0.25, -0.2) is 13.4 Å². The van der Waals surface area contributed by atoms with Crippen molar-refractivity contribution >= 4 is 21.4 Å². The highest BCUT2D eigenvalue weighted by molar-refractivity contribution is 7.90. The molecule has 2 aromatic rings. The van der Waals surface area contributed by atoms with Crippen molar-refractivity contribution in [2.45, 2.75) is 11.8 Å². The van der Waals surface area contributed by atoms with Gasteiger partial charge in [0.15, 0.2) is 9.84 Å². The molecule has 1 aromatic heterocycles. The Labute approximate surface area is 111 Å². The zero-order valence-corrected chi connectivity index (χ0v) is 11.4. The van der Waals surface area contributed by atoms with E-state index in [-0.39, 0.29) is 0 Å². The fourth-order valence-corrected chi connectivity index (χ4v) is 2.97. The van der Waals surface area contributed by atoms with Gasteiger partial charge < -0.3 is 4.57 Å². The number of benzene rings is 1. The van der Waals surface area contributed by atoms with Crippen molar-refractivity contribution in [1.82, 2.24) is 9.55 Å². The molecule has 1 atom stereocenters. The van der Waals surface area contributed by atoms with Crippen LogP contribution in [-0.4, -0.2) is 24.2 Å².